The highest BCUT2D eigenvalue weighted by Gasteiger charge is 2.39. The van der Waals surface area contributed by atoms with Gasteiger partial charge < -0.3 is 9.80 Å². The molecule has 0 bridgehead atoms. The van der Waals surface area contributed by atoms with Gasteiger partial charge in [-0.2, -0.15) is 5.26 Å². The molecule has 4 rings (SSSR count). The van der Waals surface area contributed by atoms with Gasteiger partial charge >= 0.3 is 0 Å². The second-order valence-corrected chi connectivity index (χ2v) is 7.44. The van der Waals surface area contributed by atoms with Crippen molar-refractivity contribution in [2.75, 3.05) is 24.5 Å². The van der Waals surface area contributed by atoms with Crippen LogP contribution in [0.3, 0.4) is 0 Å². The molecule has 2 fully saturated rings. The largest absolute Gasteiger partial charge is 0.356 e. The molecule has 1 amide bonds. The Kier molecular flexibility index (Phi) is 5.06. The molecule has 3 heterocycles. The first kappa shape index (κ1) is 17.5. The normalized spacial score (nSPS) is 22.3. The van der Waals surface area contributed by atoms with Crippen LogP contribution in [-0.2, 0) is 11.2 Å². The van der Waals surface area contributed by atoms with Crippen LogP contribution < -0.4 is 4.90 Å². The highest BCUT2D eigenvalue weighted by molar-refractivity contribution is 5.77. The monoisotopic (exact) mass is 360 g/mol. The van der Waals surface area contributed by atoms with E-state index in [2.05, 4.69) is 45.1 Å². The van der Waals surface area contributed by atoms with Gasteiger partial charge in [0.1, 0.15) is 5.82 Å². The van der Waals surface area contributed by atoms with Crippen LogP contribution in [0.15, 0.2) is 48.7 Å². The summed E-state index contributed by atoms with van der Waals surface area (Å²) < 4.78 is 0. The number of fused-ring (bicyclic) bond motifs is 1. The topological polar surface area (TPSA) is 60.2 Å². The zero-order valence-corrected chi connectivity index (χ0v) is 15.4. The number of carbonyl (C=O) groups excluding carboxylic acids is 1. The first-order valence-electron chi connectivity index (χ1n) is 9.69. The van der Waals surface area contributed by atoms with Gasteiger partial charge in [0.05, 0.1) is 11.6 Å². The van der Waals surface area contributed by atoms with E-state index in [9.17, 15) is 4.79 Å². The summed E-state index contributed by atoms with van der Waals surface area (Å²) in [5, 5.41) is 9.12. The molecule has 0 aliphatic carbocycles. The van der Waals surface area contributed by atoms with Crippen molar-refractivity contribution in [1.29, 1.82) is 5.26 Å². The van der Waals surface area contributed by atoms with Gasteiger partial charge in [0, 0.05) is 38.3 Å². The van der Waals surface area contributed by atoms with Crippen molar-refractivity contribution in [3.05, 3.63) is 59.8 Å². The van der Waals surface area contributed by atoms with Gasteiger partial charge in [-0.1, -0.05) is 30.3 Å². The molecule has 2 aliphatic heterocycles. The Bertz CT molecular complexity index is 845. The van der Waals surface area contributed by atoms with Gasteiger partial charge in [-0.25, -0.2) is 4.98 Å². The summed E-state index contributed by atoms with van der Waals surface area (Å²) in [6.45, 7) is 2.58. The van der Waals surface area contributed by atoms with Crippen LogP contribution in [-0.4, -0.2) is 41.5 Å². The van der Waals surface area contributed by atoms with Crippen LogP contribution >= 0.6 is 0 Å². The third-order valence-corrected chi connectivity index (χ3v) is 5.83. The maximum atomic E-state index is 12.6. The standard InChI is InChI=1S/C22H24N4O/c23-15-18-8-11-24-21(14-18)25-12-10-20-19(16-25)6-7-22(27)26(20)13-9-17-4-2-1-3-5-17/h1-5,8,11,14,19-20H,6-7,9-10,12-13,16H2/t19-,20+/m0/s1. The molecule has 0 unspecified atom stereocenters. The SMILES string of the molecule is N#Cc1ccnc(N2CC[C@@H]3[C@@H](CCC(=O)N3CCc3ccccc3)C2)c1. The number of carbonyl (C=O) groups is 1. The Morgan fingerprint density at radius 3 is 2.85 bits per heavy atom. The number of nitrogens with zero attached hydrogens (tertiary/aromatic N) is 4. The molecule has 0 saturated carbocycles. The van der Waals surface area contributed by atoms with E-state index in [0.29, 0.717) is 29.9 Å². The number of pyridine rings is 1. The summed E-state index contributed by atoms with van der Waals surface area (Å²) in [7, 11) is 0. The first-order chi connectivity index (χ1) is 13.2. The number of rotatable bonds is 4. The van der Waals surface area contributed by atoms with Crippen molar-refractivity contribution in [2.24, 2.45) is 5.92 Å². The van der Waals surface area contributed by atoms with E-state index in [4.69, 9.17) is 5.26 Å². The summed E-state index contributed by atoms with van der Waals surface area (Å²) >= 11 is 0. The number of likely N-dealkylation sites (tertiary alicyclic amines) is 1. The number of benzene rings is 1. The maximum Gasteiger partial charge on any atom is 0.222 e. The summed E-state index contributed by atoms with van der Waals surface area (Å²) in [6.07, 6.45) is 5.15. The summed E-state index contributed by atoms with van der Waals surface area (Å²) in [5.74, 6) is 1.64. The minimum Gasteiger partial charge on any atom is -0.356 e. The smallest absolute Gasteiger partial charge is 0.222 e. The average molecular weight is 360 g/mol. The lowest BCUT2D eigenvalue weighted by molar-refractivity contribution is -0.139. The van der Waals surface area contributed by atoms with Gasteiger partial charge in [-0.3, -0.25) is 4.79 Å². The van der Waals surface area contributed by atoms with Gasteiger partial charge in [0.15, 0.2) is 0 Å². The number of nitriles is 1. The molecule has 5 heteroatoms. The van der Waals surface area contributed by atoms with Crippen molar-refractivity contribution >= 4 is 11.7 Å². The van der Waals surface area contributed by atoms with E-state index in [0.717, 1.165) is 44.7 Å². The van der Waals surface area contributed by atoms with E-state index >= 15 is 0 Å². The lowest BCUT2D eigenvalue weighted by Crippen LogP contribution is -2.56. The molecule has 5 nitrogen and oxygen atoms in total. The fourth-order valence-corrected chi connectivity index (χ4v) is 4.40. The number of amides is 1. The van der Waals surface area contributed by atoms with E-state index in [1.165, 1.54) is 5.56 Å². The predicted molar refractivity (Wildman–Crippen MR) is 104 cm³/mol. The molecule has 138 valence electrons. The zero-order chi connectivity index (χ0) is 18.6. The Labute approximate surface area is 160 Å². The minimum atomic E-state index is 0.297. The molecule has 27 heavy (non-hydrogen) atoms. The lowest BCUT2D eigenvalue weighted by atomic mass is 9.83. The lowest BCUT2D eigenvalue weighted by Gasteiger charge is -2.47. The molecule has 1 aromatic heterocycles. The van der Waals surface area contributed by atoms with E-state index in [1.807, 2.05) is 12.1 Å². The Hall–Kier alpha value is -2.87. The van der Waals surface area contributed by atoms with Gasteiger partial charge in [-0.15, -0.1) is 0 Å². The molecule has 2 aliphatic rings. The second-order valence-electron chi connectivity index (χ2n) is 7.44. The molecule has 2 saturated heterocycles. The predicted octanol–water partition coefficient (Wildman–Crippen LogP) is 3.01. The van der Waals surface area contributed by atoms with Gasteiger partial charge in [-0.05, 0) is 42.9 Å². The van der Waals surface area contributed by atoms with Crippen LogP contribution in [0, 0.1) is 17.2 Å². The number of hydrogen-bond donors (Lipinski definition) is 0. The summed E-state index contributed by atoms with van der Waals surface area (Å²) in [6, 6.07) is 16.5. The van der Waals surface area contributed by atoms with Crippen LogP contribution in [0.4, 0.5) is 5.82 Å². The fraction of sp³-hybridized carbons (Fsp3) is 0.409. The summed E-state index contributed by atoms with van der Waals surface area (Å²) in [5.41, 5.74) is 1.92. The minimum absolute atomic E-state index is 0.297. The molecule has 2 atom stereocenters. The molecular formula is C22H24N4O. The van der Waals surface area contributed by atoms with Crippen LogP contribution in [0.1, 0.15) is 30.4 Å². The van der Waals surface area contributed by atoms with Crippen LogP contribution in [0.25, 0.3) is 0 Å². The van der Waals surface area contributed by atoms with E-state index < -0.39 is 0 Å². The van der Waals surface area contributed by atoms with Gasteiger partial charge in [0.2, 0.25) is 5.91 Å². The highest BCUT2D eigenvalue weighted by Crippen LogP contribution is 2.33. The quantitative estimate of drug-likeness (QED) is 0.841. The van der Waals surface area contributed by atoms with E-state index in [1.54, 1.807) is 12.3 Å². The third kappa shape index (κ3) is 3.80. The number of hydrogen-bond acceptors (Lipinski definition) is 4. The van der Waals surface area contributed by atoms with Crippen molar-refractivity contribution in [1.82, 2.24) is 9.88 Å². The fourth-order valence-electron chi connectivity index (χ4n) is 4.40. The van der Waals surface area contributed by atoms with Crippen molar-refractivity contribution in [3.63, 3.8) is 0 Å². The zero-order valence-electron chi connectivity index (χ0n) is 15.4. The third-order valence-electron chi connectivity index (χ3n) is 5.83. The highest BCUT2D eigenvalue weighted by atomic mass is 16.2. The molecule has 0 radical (unpaired) electrons. The Morgan fingerprint density at radius 2 is 2.04 bits per heavy atom. The van der Waals surface area contributed by atoms with Crippen molar-refractivity contribution < 1.29 is 4.79 Å². The van der Waals surface area contributed by atoms with Crippen molar-refractivity contribution in [3.8, 4) is 6.07 Å². The number of piperidine rings is 2. The van der Waals surface area contributed by atoms with Gasteiger partial charge in [0.25, 0.3) is 0 Å². The van der Waals surface area contributed by atoms with Crippen LogP contribution in [0.2, 0.25) is 0 Å². The molecule has 0 spiro atoms. The van der Waals surface area contributed by atoms with Crippen LogP contribution in [0.5, 0.6) is 0 Å². The molecule has 0 N–H and O–H groups in total. The second kappa shape index (κ2) is 7.79. The maximum absolute atomic E-state index is 12.6. The molecule has 1 aromatic carbocycles. The van der Waals surface area contributed by atoms with E-state index in [-0.39, 0.29) is 0 Å². The average Bonchev–Trinajstić information content (AvgIpc) is 2.73. The Balaban J connectivity index is 1.44. The molecular weight excluding hydrogens is 336 g/mol. The number of anilines is 1. The summed E-state index contributed by atoms with van der Waals surface area (Å²) in [4.78, 5) is 21.4. The first-order valence-corrected chi connectivity index (χ1v) is 9.69. The molecule has 2 aromatic rings. The number of aromatic nitrogens is 1. The Morgan fingerprint density at radius 1 is 1.19 bits per heavy atom. The van der Waals surface area contributed by atoms with Crippen molar-refractivity contribution in [2.45, 2.75) is 31.7 Å².